The minimum absolute atomic E-state index is 0.420. The average molecular weight is 330 g/mol. The van der Waals surface area contributed by atoms with Crippen LogP contribution in [0, 0.1) is 5.92 Å². The molecule has 2 atom stereocenters. The highest BCUT2D eigenvalue weighted by atomic mass is 79.9. The highest BCUT2D eigenvalue weighted by Gasteiger charge is 2.42. The minimum atomic E-state index is 0.420. The number of benzene rings is 1. The molecular weight excluding hydrogens is 312 g/mol. The van der Waals surface area contributed by atoms with Gasteiger partial charge < -0.3 is 5.73 Å². The quantitative estimate of drug-likeness (QED) is 0.918. The van der Waals surface area contributed by atoms with Crippen molar-refractivity contribution in [3.63, 3.8) is 0 Å². The van der Waals surface area contributed by atoms with Crippen LogP contribution in [0.2, 0.25) is 5.02 Å². The van der Waals surface area contributed by atoms with Gasteiger partial charge in [-0.2, -0.15) is 0 Å². The Balaban J connectivity index is 1.94. The zero-order valence-electron chi connectivity index (χ0n) is 10.3. The minimum Gasteiger partial charge on any atom is -0.330 e. The van der Waals surface area contributed by atoms with Crippen molar-refractivity contribution in [2.75, 3.05) is 13.1 Å². The molecule has 1 aliphatic heterocycles. The van der Waals surface area contributed by atoms with Gasteiger partial charge in [-0.05, 0) is 56.0 Å². The number of nitrogens with zero attached hydrogens (tertiary/aromatic N) is 1. The van der Waals surface area contributed by atoms with Gasteiger partial charge in [0, 0.05) is 21.6 Å². The summed E-state index contributed by atoms with van der Waals surface area (Å²) in [5, 5.41) is 0.861. The monoisotopic (exact) mass is 328 g/mol. The summed E-state index contributed by atoms with van der Waals surface area (Å²) < 4.78 is 1.04. The third-order valence-corrected chi connectivity index (χ3v) is 4.98. The van der Waals surface area contributed by atoms with Crippen LogP contribution >= 0.6 is 27.5 Å². The van der Waals surface area contributed by atoms with E-state index in [-0.39, 0.29) is 0 Å². The van der Waals surface area contributed by atoms with Crippen molar-refractivity contribution < 1.29 is 0 Å². The molecule has 2 unspecified atom stereocenters. The molecular formula is C14H18BrClN2. The van der Waals surface area contributed by atoms with E-state index >= 15 is 0 Å². The summed E-state index contributed by atoms with van der Waals surface area (Å²) in [6, 6.07) is 7.42. The zero-order valence-corrected chi connectivity index (χ0v) is 12.6. The molecule has 2 aliphatic rings. The van der Waals surface area contributed by atoms with Crippen LogP contribution in [-0.4, -0.2) is 24.0 Å². The first-order chi connectivity index (χ1) is 8.70. The van der Waals surface area contributed by atoms with Gasteiger partial charge >= 0.3 is 0 Å². The van der Waals surface area contributed by atoms with Crippen LogP contribution in [0.15, 0.2) is 22.7 Å². The van der Waals surface area contributed by atoms with E-state index in [1.807, 2.05) is 6.07 Å². The molecule has 1 aromatic rings. The highest BCUT2D eigenvalue weighted by Crippen LogP contribution is 2.45. The van der Waals surface area contributed by atoms with Crippen molar-refractivity contribution in [3.8, 4) is 0 Å². The second kappa shape index (κ2) is 5.12. The van der Waals surface area contributed by atoms with Gasteiger partial charge in [-0.15, -0.1) is 0 Å². The Bertz CT molecular complexity index is 447. The fraction of sp³-hybridized carbons (Fsp3) is 0.571. The normalized spacial score (nSPS) is 28.8. The van der Waals surface area contributed by atoms with Crippen LogP contribution in [0.4, 0.5) is 0 Å². The Morgan fingerprint density at radius 2 is 2.11 bits per heavy atom. The van der Waals surface area contributed by atoms with Gasteiger partial charge in [0.2, 0.25) is 0 Å². The van der Waals surface area contributed by atoms with Crippen LogP contribution in [-0.2, 0) is 0 Å². The predicted octanol–water partition coefficient (Wildman–Crippen LogP) is 3.59. The third-order valence-electron chi connectivity index (χ3n) is 4.16. The lowest BCUT2D eigenvalue weighted by molar-refractivity contribution is 0.220. The number of hydrogen-bond acceptors (Lipinski definition) is 2. The fourth-order valence-corrected chi connectivity index (χ4v) is 3.90. The Morgan fingerprint density at radius 1 is 1.33 bits per heavy atom. The summed E-state index contributed by atoms with van der Waals surface area (Å²) >= 11 is 9.90. The Morgan fingerprint density at radius 3 is 2.72 bits per heavy atom. The summed E-state index contributed by atoms with van der Waals surface area (Å²) in [7, 11) is 0. The van der Waals surface area contributed by atoms with Crippen molar-refractivity contribution in [1.82, 2.24) is 4.90 Å². The molecule has 18 heavy (non-hydrogen) atoms. The first kappa shape index (κ1) is 12.9. The van der Waals surface area contributed by atoms with Crippen molar-refractivity contribution in [3.05, 3.63) is 33.3 Å². The molecule has 1 saturated heterocycles. The fourth-order valence-electron chi connectivity index (χ4n) is 3.12. The molecule has 0 spiro atoms. The van der Waals surface area contributed by atoms with E-state index < -0.39 is 0 Å². The van der Waals surface area contributed by atoms with Crippen molar-refractivity contribution >= 4 is 27.5 Å². The van der Waals surface area contributed by atoms with Crippen molar-refractivity contribution in [2.45, 2.75) is 31.3 Å². The number of rotatable bonds is 3. The molecule has 1 heterocycles. The molecule has 1 saturated carbocycles. The highest BCUT2D eigenvalue weighted by molar-refractivity contribution is 9.10. The average Bonchev–Trinajstić information content (AvgIpc) is 3.10. The largest absolute Gasteiger partial charge is 0.330 e. The first-order valence-electron chi connectivity index (χ1n) is 6.61. The summed E-state index contributed by atoms with van der Waals surface area (Å²) in [6.07, 6.45) is 3.87. The van der Waals surface area contributed by atoms with E-state index in [9.17, 15) is 0 Å². The maximum atomic E-state index is 6.42. The van der Waals surface area contributed by atoms with Gasteiger partial charge in [0.05, 0.1) is 0 Å². The summed E-state index contributed by atoms with van der Waals surface area (Å²) in [6.45, 7) is 1.92. The lowest BCUT2D eigenvalue weighted by Crippen LogP contribution is -2.30. The lowest BCUT2D eigenvalue weighted by atomic mass is 9.93. The molecule has 1 aromatic carbocycles. The van der Waals surface area contributed by atoms with Crippen LogP contribution in [0.5, 0.6) is 0 Å². The molecule has 3 rings (SSSR count). The summed E-state index contributed by atoms with van der Waals surface area (Å²) in [5.74, 6) is 0.546. The van der Waals surface area contributed by atoms with Gasteiger partial charge in [-0.25, -0.2) is 0 Å². The number of hydrogen-bond donors (Lipinski definition) is 1. The van der Waals surface area contributed by atoms with Gasteiger partial charge in [-0.1, -0.05) is 33.6 Å². The van der Waals surface area contributed by atoms with Gasteiger partial charge in [0.1, 0.15) is 0 Å². The Labute approximate surface area is 122 Å². The molecule has 0 aromatic heterocycles. The van der Waals surface area contributed by atoms with Crippen LogP contribution in [0.25, 0.3) is 0 Å². The lowest BCUT2D eigenvalue weighted by Gasteiger charge is -2.29. The topological polar surface area (TPSA) is 29.3 Å². The molecule has 2 fully saturated rings. The van der Waals surface area contributed by atoms with Crippen LogP contribution in [0.3, 0.4) is 0 Å². The second-order valence-corrected chi connectivity index (χ2v) is 6.69. The van der Waals surface area contributed by atoms with Crippen molar-refractivity contribution in [2.24, 2.45) is 11.7 Å². The summed E-state index contributed by atoms with van der Waals surface area (Å²) in [5.41, 5.74) is 7.20. The Hall–Kier alpha value is -0.0900. The van der Waals surface area contributed by atoms with Gasteiger partial charge in [0.25, 0.3) is 0 Å². The van der Waals surface area contributed by atoms with E-state index in [0.717, 1.165) is 22.1 Å². The number of likely N-dealkylation sites (tertiary alicyclic amines) is 1. The molecule has 98 valence electrons. The molecule has 2 N–H and O–H groups in total. The molecule has 0 amide bonds. The SMILES string of the molecule is NCC1CCN(C2CC2)C1c1ccc(Br)cc1Cl. The number of nitrogens with two attached hydrogens (primary N) is 1. The van der Waals surface area contributed by atoms with Gasteiger partial charge in [-0.3, -0.25) is 4.90 Å². The van der Waals surface area contributed by atoms with E-state index in [1.165, 1.54) is 31.4 Å². The van der Waals surface area contributed by atoms with E-state index in [1.54, 1.807) is 0 Å². The smallest absolute Gasteiger partial charge is 0.0465 e. The molecule has 4 heteroatoms. The molecule has 0 bridgehead atoms. The standard InChI is InChI=1S/C14H18BrClN2/c15-10-1-4-12(13(16)7-10)14-9(8-17)5-6-18(14)11-2-3-11/h1,4,7,9,11,14H,2-3,5-6,8,17H2. The van der Waals surface area contributed by atoms with E-state index in [2.05, 4.69) is 33.0 Å². The summed E-state index contributed by atoms with van der Waals surface area (Å²) in [4.78, 5) is 2.62. The maximum absolute atomic E-state index is 6.42. The molecule has 0 radical (unpaired) electrons. The number of halogens is 2. The van der Waals surface area contributed by atoms with E-state index in [0.29, 0.717) is 12.0 Å². The molecule has 2 nitrogen and oxygen atoms in total. The first-order valence-corrected chi connectivity index (χ1v) is 7.78. The predicted molar refractivity (Wildman–Crippen MR) is 78.8 cm³/mol. The zero-order chi connectivity index (χ0) is 12.7. The van der Waals surface area contributed by atoms with Crippen molar-refractivity contribution in [1.29, 1.82) is 0 Å². The third kappa shape index (κ3) is 2.34. The second-order valence-electron chi connectivity index (χ2n) is 5.36. The van der Waals surface area contributed by atoms with Crippen LogP contribution in [0.1, 0.15) is 30.9 Å². The Kier molecular flexibility index (Phi) is 3.68. The molecule has 1 aliphatic carbocycles. The van der Waals surface area contributed by atoms with Gasteiger partial charge in [0.15, 0.2) is 0 Å². The van der Waals surface area contributed by atoms with E-state index in [4.69, 9.17) is 17.3 Å². The van der Waals surface area contributed by atoms with Crippen LogP contribution < -0.4 is 5.73 Å². The maximum Gasteiger partial charge on any atom is 0.0465 e.